The molecule has 0 bridgehead atoms. The van der Waals surface area contributed by atoms with Crippen LogP contribution in [0.4, 0.5) is 0 Å². The van der Waals surface area contributed by atoms with Gasteiger partial charge in [-0.2, -0.15) is 0 Å². The summed E-state index contributed by atoms with van der Waals surface area (Å²) in [4.78, 5) is 24.4. The summed E-state index contributed by atoms with van der Waals surface area (Å²) in [6, 6.07) is 22.5. The number of ether oxygens (including phenoxy) is 2. The van der Waals surface area contributed by atoms with Crippen LogP contribution in [-0.4, -0.2) is 18.4 Å². The topological polar surface area (TPSA) is 76.7 Å². The molecule has 6 nitrogen and oxygen atoms in total. The summed E-state index contributed by atoms with van der Waals surface area (Å²) in [6.07, 6.45) is 0. The number of carbonyl (C=O) groups excluding carboxylic acids is 2. The van der Waals surface area contributed by atoms with E-state index in [0.717, 1.165) is 16.7 Å². The Labute approximate surface area is 188 Å². The molecule has 0 saturated carbocycles. The molecule has 3 rings (SSSR count). The summed E-state index contributed by atoms with van der Waals surface area (Å²) in [7, 11) is 0. The van der Waals surface area contributed by atoms with E-state index in [1.54, 1.807) is 24.3 Å². The standard InChI is InChI=1S/C26H28N2O4/c1-18(2)23-14-9-19(3)15-24(23)32-17-25(29)27-28-26(30)21-10-12-22(13-11-21)31-16-20-7-5-4-6-8-20/h4-15,18H,16-17H2,1-3H3,(H,27,29)(H,28,30). The largest absolute Gasteiger partial charge is 0.489 e. The number of carbonyl (C=O) groups is 2. The smallest absolute Gasteiger partial charge is 0.276 e. The number of hydrazine groups is 1. The van der Waals surface area contributed by atoms with Crippen LogP contribution in [0.15, 0.2) is 72.8 Å². The first kappa shape index (κ1) is 22.9. The van der Waals surface area contributed by atoms with Gasteiger partial charge in [-0.05, 0) is 59.9 Å². The van der Waals surface area contributed by atoms with E-state index >= 15 is 0 Å². The van der Waals surface area contributed by atoms with Gasteiger partial charge >= 0.3 is 0 Å². The molecule has 0 aliphatic rings. The molecule has 3 aromatic carbocycles. The predicted molar refractivity (Wildman–Crippen MR) is 124 cm³/mol. The van der Waals surface area contributed by atoms with Crippen LogP contribution in [0.25, 0.3) is 0 Å². The minimum Gasteiger partial charge on any atom is -0.489 e. The molecule has 166 valence electrons. The van der Waals surface area contributed by atoms with Crippen LogP contribution < -0.4 is 20.3 Å². The third-order valence-corrected chi connectivity index (χ3v) is 4.83. The second-order valence-corrected chi connectivity index (χ2v) is 7.79. The summed E-state index contributed by atoms with van der Waals surface area (Å²) in [5, 5.41) is 0. The van der Waals surface area contributed by atoms with Crippen molar-refractivity contribution in [2.45, 2.75) is 33.3 Å². The van der Waals surface area contributed by atoms with Crippen LogP contribution in [0.1, 0.15) is 46.8 Å². The molecule has 3 aromatic rings. The van der Waals surface area contributed by atoms with E-state index < -0.39 is 11.8 Å². The SMILES string of the molecule is Cc1ccc(C(C)C)c(OCC(=O)NNC(=O)c2ccc(OCc3ccccc3)cc2)c1. The van der Waals surface area contributed by atoms with E-state index in [0.29, 0.717) is 23.7 Å². The highest BCUT2D eigenvalue weighted by molar-refractivity contribution is 5.95. The van der Waals surface area contributed by atoms with Gasteiger partial charge in [0.2, 0.25) is 0 Å². The Bertz CT molecular complexity index is 1050. The van der Waals surface area contributed by atoms with E-state index in [1.165, 1.54) is 0 Å². The second kappa shape index (κ2) is 11.0. The number of hydrogen-bond donors (Lipinski definition) is 2. The molecule has 0 atom stereocenters. The minimum absolute atomic E-state index is 0.199. The second-order valence-electron chi connectivity index (χ2n) is 7.79. The Kier molecular flexibility index (Phi) is 7.86. The quantitative estimate of drug-likeness (QED) is 0.513. The van der Waals surface area contributed by atoms with Crippen LogP contribution in [0.5, 0.6) is 11.5 Å². The van der Waals surface area contributed by atoms with Gasteiger partial charge in [0, 0.05) is 5.56 Å². The third-order valence-electron chi connectivity index (χ3n) is 4.83. The fraction of sp³-hybridized carbons (Fsp3) is 0.231. The first-order valence-electron chi connectivity index (χ1n) is 10.5. The Morgan fingerprint density at radius 3 is 2.28 bits per heavy atom. The zero-order valence-corrected chi connectivity index (χ0v) is 18.6. The Morgan fingerprint density at radius 1 is 0.875 bits per heavy atom. The van der Waals surface area contributed by atoms with Crippen LogP contribution >= 0.6 is 0 Å². The van der Waals surface area contributed by atoms with Gasteiger partial charge in [0.25, 0.3) is 11.8 Å². The molecule has 32 heavy (non-hydrogen) atoms. The van der Waals surface area contributed by atoms with E-state index in [2.05, 4.69) is 24.7 Å². The van der Waals surface area contributed by atoms with Gasteiger partial charge in [-0.3, -0.25) is 20.4 Å². The van der Waals surface area contributed by atoms with E-state index in [-0.39, 0.29) is 12.5 Å². The van der Waals surface area contributed by atoms with E-state index in [9.17, 15) is 9.59 Å². The molecule has 2 amide bonds. The lowest BCUT2D eigenvalue weighted by atomic mass is 10.0. The van der Waals surface area contributed by atoms with Crippen molar-refractivity contribution in [2.24, 2.45) is 0 Å². The molecule has 0 aromatic heterocycles. The Hall–Kier alpha value is -3.80. The van der Waals surface area contributed by atoms with E-state index in [1.807, 2.05) is 55.5 Å². The molecule has 0 heterocycles. The first-order chi connectivity index (χ1) is 15.4. The molecule has 0 saturated heterocycles. The molecule has 6 heteroatoms. The average Bonchev–Trinajstić information content (AvgIpc) is 2.80. The van der Waals surface area contributed by atoms with Gasteiger partial charge in [0.15, 0.2) is 6.61 Å². The number of rotatable bonds is 8. The zero-order valence-electron chi connectivity index (χ0n) is 18.6. The van der Waals surface area contributed by atoms with Gasteiger partial charge in [0.05, 0.1) is 0 Å². The number of aryl methyl sites for hydroxylation is 1. The van der Waals surface area contributed by atoms with Gasteiger partial charge in [-0.15, -0.1) is 0 Å². The fourth-order valence-corrected chi connectivity index (χ4v) is 3.07. The maximum absolute atomic E-state index is 12.3. The van der Waals surface area contributed by atoms with Crippen molar-refractivity contribution in [3.05, 3.63) is 95.1 Å². The molecular weight excluding hydrogens is 404 g/mol. The van der Waals surface area contributed by atoms with Gasteiger partial charge < -0.3 is 9.47 Å². The highest BCUT2D eigenvalue weighted by Gasteiger charge is 2.12. The highest BCUT2D eigenvalue weighted by atomic mass is 16.5. The normalized spacial score (nSPS) is 10.5. The Balaban J connectivity index is 1.46. The van der Waals surface area contributed by atoms with Gasteiger partial charge in [-0.1, -0.05) is 56.3 Å². The maximum Gasteiger partial charge on any atom is 0.276 e. The van der Waals surface area contributed by atoms with Crippen molar-refractivity contribution in [2.75, 3.05) is 6.61 Å². The first-order valence-corrected chi connectivity index (χ1v) is 10.5. The monoisotopic (exact) mass is 432 g/mol. The zero-order chi connectivity index (χ0) is 22.9. The molecule has 0 unspecified atom stereocenters. The molecule has 0 aliphatic heterocycles. The van der Waals surface area contributed by atoms with Gasteiger partial charge in [-0.25, -0.2) is 0 Å². The lowest BCUT2D eigenvalue weighted by molar-refractivity contribution is -0.123. The molecule has 2 N–H and O–H groups in total. The molecule has 0 radical (unpaired) electrons. The van der Waals surface area contributed by atoms with Crippen LogP contribution in [0, 0.1) is 6.92 Å². The number of nitrogens with one attached hydrogen (secondary N) is 2. The minimum atomic E-state index is -0.447. The average molecular weight is 433 g/mol. The number of benzene rings is 3. The molecule has 0 aliphatic carbocycles. The van der Waals surface area contributed by atoms with Crippen LogP contribution in [-0.2, 0) is 11.4 Å². The predicted octanol–water partition coefficient (Wildman–Crippen LogP) is 4.54. The van der Waals surface area contributed by atoms with Crippen molar-refractivity contribution < 1.29 is 19.1 Å². The van der Waals surface area contributed by atoms with Crippen molar-refractivity contribution in [1.82, 2.24) is 10.9 Å². The lowest BCUT2D eigenvalue weighted by Crippen LogP contribution is -2.43. The third kappa shape index (κ3) is 6.60. The summed E-state index contributed by atoms with van der Waals surface area (Å²) >= 11 is 0. The van der Waals surface area contributed by atoms with Gasteiger partial charge in [0.1, 0.15) is 18.1 Å². The number of hydrogen-bond acceptors (Lipinski definition) is 4. The summed E-state index contributed by atoms with van der Waals surface area (Å²) in [5.74, 6) is 0.728. The highest BCUT2D eigenvalue weighted by Crippen LogP contribution is 2.27. The van der Waals surface area contributed by atoms with Crippen molar-refractivity contribution in [1.29, 1.82) is 0 Å². The lowest BCUT2D eigenvalue weighted by Gasteiger charge is -2.15. The molecular formula is C26H28N2O4. The van der Waals surface area contributed by atoms with Crippen LogP contribution in [0.2, 0.25) is 0 Å². The van der Waals surface area contributed by atoms with E-state index in [4.69, 9.17) is 9.47 Å². The molecule has 0 spiro atoms. The summed E-state index contributed by atoms with van der Waals surface area (Å²) < 4.78 is 11.4. The van der Waals surface area contributed by atoms with Crippen molar-refractivity contribution in [3.63, 3.8) is 0 Å². The summed E-state index contributed by atoms with van der Waals surface area (Å²) in [5.41, 5.74) is 8.33. The van der Waals surface area contributed by atoms with Crippen molar-refractivity contribution in [3.8, 4) is 11.5 Å². The fourth-order valence-electron chi connectivity index (χ4n) is 3.07. The summed E-state index contributed by atoms with van der Waals surface area (Å²) in [6.45, 7) is 6.35. The molecule has 0 fully saturated rings. The maximum atomic E-state index is 12.3. The van der Waals surface area contributed by atoms with Crippen molar-refractivity contribution >= 4 is 11.8 Å². The Morgan fingerprint density at radius 2 is 1.59 bits per heavy atom. The number of amides is 2. The van der Waals surface area contributed by atoms with Crippen LogP contribution in [0.3, 0.4) is 0 Å².